The van der Waals surface area contributed by atoms with E-state index in [0.29, 0.717) is 17.8 Å². The molecule has 0 bridgehead atoms. The van der Waals surface area contributed by atoms with Crippen molar-refractivity contribution in [2.75, 3.05) is 11.8 Å². The number of carbonyl (C=O) groups is 1. The van der Waals surface area contributed by atoms with Crippen LogP contribution in [0.4, 0.5) is 10.1 Å². The Labute approximate surface area is 169 Å². The minimum Gasteiger partial charge on any atom is -0.337 e. The van der Waals surface area contributed by atoms with Gasteiger partial charge in [-0.2, -0.15) is 0 Å². The molecule has 5 nitrogen and oxygen atoms in total. The SMILES string of the molecule is Cc1cc(S(=O)(=O)Nc2ccc(C(=O)N(C)Cc3ccccc3)cc2)ccc1F. The standard InChI is InChI=1S/C22H21FN2O3S/c1-16-14-20(12-13-21(16)23)29(27,28)24-19-10-8-18(9-11-19)22(26)25(2)15-17-6-4-3-5-7-17/h3-14,24H,15H2,1-2H3. The fraction of sp³-hybridized carbons (Fsp3) is 0.136. The normalized spacial score (nSPS) is 11.1. The van der Waals surface area contributed by atoms with Crippen LogP contribution in [0, 0.1) is 12.7 Å². The summed E-state index contributed by atoms with van der Waals surface area (Å²) in [5, 5.41) is 0. The zero-order chi connectivity index (χ0) is 21.0. The molecule has 7 heteroatoms. The van der Waals surface area contributed by atoms with E-state index in [-0.39, 0.29) is 16.4 Å². The molecule has 0 aromatic heterocycles. The number of aryl methyl sites for hydroxylation is 1. The molecule has 0 aliphatic rings. The van der Waals surface area contributed by atoms with Gasteiger partial charge < -0.3 is 4.90 Å². The predicted octanol–water partition coefficient (Wildman–Crippen LogP) is 4.21. The number of nitrogens with zero attached hydrogens (tertiary/aromatic N) is 1. The maximum absolute atomic E-state index is 13.4. The third-order valence-electron chi connectivity index (χ3n) is 4.43. The first kappa shape index (κ1) is 20.5. The van der Waals surface area contributed by atoms with E-state index in [4.69, 9.17) is 0 Å². The number of sulfonamides is 1. The Bertz CT molecular complexity index is 1110. The Morgan fingerprint density at radius 1 is 1.00 bits per heavy atom. The van der Waals surface area contributed by atoms with Gasteiger partial charge in [0.2, 0.25) is 0 Å². The van der Waals surface area contributed by atoms with Crippen molar-refractivity contribution in [3.8, 4) is 0 Å². The third-order valence-corrected chi connectivity index (χ3v) is 5.81. The molecule has 0 radical (unpaired) electrons. The van der Waals surface area contributed by atoms with Crippen LogP contribution in [-0.2, 0) is 16.6 Å². The Kier molecular flexibility index (Phi) is 5.98. The minimum absolute atomic E-state index is 0.0286. The second-order valence-electron chi connectivity index (χ2n) is 6.74. The van der Waals surface area contributed by atoms with Gasteiger partial charge in [-0.1, -0.05) is 30.3 Å². The van der Waals surface area contributed by atoms with E-state index in [2.05, 4.69) is 4.72 Å². The highest BCUT2D eigenvalue weighted by Crippen LogP contribution is 2.19. The second-order valence-corrected chi connectivity index (χ2v) is 8.42. The highest BCUT2D eigenvalue weighted by Gasteiger charge is 2.17. The third kappa shape index (κ3) is 5.00. The first-order chi connectivity index (χ1) is 13.8. The fourth-order valence-electron chi connectivity index (χ4n) is 2.83. The summed E-state index contributed by atoms with van der Waals surface area (Å²) in [6.45, 7) is 1.97. The molecule has 0 atom stereocenters. The summed E-state index contributed by atoms with van der Waals surface area (Å²) in [5.41, 5.74) is 2.02. The number of nitrogens with one attached hydrogen (secondary N) is 1. The van der Waals surface area contributed by atoms with Crippen molar-refractivity contribution in [1.82, 2.24) is 4.90 Å². The van der Waals surface area contributed by atoms with E-state index >= 15 is 0 Å². The van der Waals surface area contributed by atoms with Crippen LogP contribution < -0.4 is 4.72 Å². The average molecular weight is 412 g/mol. The molecule has 3 rings (SSSR count). The van der Waals surface area contributed by atoms with E-state index < -0.39 is 15.8 Å². The zero-order valence-corrected chi connectivity index (χ0v) is 16.9. The first-order valence-corrected chi connectivity index (χ1v) is 10.4. The molecule has 1 amide bonds. The van der Waals surface area contributed by atoms with E-state index in [1.165, 1.54) is 31.2 Å². The van der Waals surface area contributed by atoms with Crippen molar-refractivity contribution < 1.29 is 17.6 Å². The van der Waals surface area contributed by atoms with Gasteiger partial charge >= 0.3 is 0 Å². The highest BCUT2D eigenvalue weighted by molar-refractivity contribution is 7.92. The lowest BCUT2D eigenvalue weighted by Crippen LogP contribution is -2.26. The van der Waals surface area contributed by atoms with Gasteiger partial charge in [0, 0.05) is 24.8 Å². The second kappa shape index (κ2) is 8.45. The van der Waals surface area contributed by atoms with Crippen LogP contribution in [-0.4, -0.2) is 26.3 Å². The molecule has 0 saturated carbocycles. The molecule has 0 aliphatic heterocycles. The Balaban J connectivity index is 1.70. The van der Waals surface area contributed by atoms with Crippen molar-refractivity contribution in [1.29, 1.82) is 0 Å². The van der Waals surface area contributed by atoms with Gasteiger partial charge in [0.1, 0.15) is 5.82 Å². The molecule has 0 aliphatic carbocycles. The smallest absolute Gasteiger partial charge is 0.261 e. The van der Waals surface area contributed by atoms with Crippen molar-refractivity contribution in [3.05, 3.63) is 95.3 Å². The van der Waals surface area contributed by atoms with E-state index in [1.54, 1.807) is 24.1 Å². The van der Waals surface area contributed by atoms with Crippen LogP contribution in [0.3, 0.4) is 0 Å². The predicted molar refractivity (Wildman–Crippen MR) is 111 cm³/mol. The van der Waals surface area contributed by atoms with Crippen LogP contribution in [0.25, 0.3) is 0 Å². The first-order valence-electron chi connectivity index (χ1n) is 8.95. The summed E-state index contributed by atoms with van der Waals surface area (Å²) in [6, 6.07) is 19.4. The molecule has 0 fully saturated rings. The molecule has 0 unspecified atom stereocenters. The number of hydrogen-bond donors (Lipinski definition) is 1. The van der Waals surface area contributed by atoms with Gasteiger partial charge in [-0.05, 0) is 60.5 Å². The largest absolute Gasteiger partial charge is 0.337 e. The lowest BCUT2D eigenvalue weighted by atomic mass is 10.1. The quantitative estimate of drug-likeness (QED) is 0.660. The van der Waals surface area contributed by atoms with Crippen LogP contribution in [0.5, 0.6) is 0 Å². The Morgan fingerprint density at radius 2 is 1.66 bits per heavy atom. The number of hydrogen-bond acceptors (Lipinski definition) is 3. The van der Waals surface area contributed by atoms with E-state index in [9.17, 15) is 17.6 Å². The number of carbonyl (C=O) groups excluding carboxylic acids is 1. The highest BCUT2D eigenvalue weighted by atomic mass is 32.2. The molecule has 0 spiro atoms. The van der Waals surface area contributed by atoms with Gasteiger partial charge in [0.05, 0.1) is 4.90 Å². The lowest BCUT2D eigenvalue weighted by Gasteiger charge is -2.17. The number of anilines is 1. The fourth-order valence-corrected chi connectivity index (χ4v) is 3.97. The topological polar surface area (TPSA) is 66.5 Å². The Morgan fingerprint density at radius 3 is 2.28 bits per heavy atom. The van der Waals surface area contributed by atoms with Crippen molar-refractivity contribution in [2.24, 2.45) is 0 Å². The minimum atomic E-state index is -3.85. The van der Waals surface area contributed by atoms with Gasteiger partial charge in [-0.15, -0.1) is 0 Å². The number of halogens is 1. The van der Waals surface area contributed by atoms with Crippen molar-refractivity contribution in [2.45, 2.75) is 18.4 Å². The summed E-state index contributed by atoms with van der Waals surface area (Å²) >= 11 is 0. The molecule has 0 saturated heterocycles. The summed E-state index contributed by atoms with van der Waals surface area (Å²) in [5.74, 6) is -0.635. The molecular weight excluding hydrogens is 391 g/mol. The molecule has 3 aromatic carbocycles. The van der Waals surface area contributed by atoms with Gasteiger partial charge in [0.25, 0.3) is 15.9 Å². The average Bonchev–Trinajstić information content (AvgIpc) is 2.70. The molecule has 0 heterocycles. The van der Waals surface area contributed by atoms with Gasteiger partial charge in [-0.3, -0.25) is 9.52 Å². The van der Waals surface area contributed by atoms with Crippen LogP contribution >= 0.6 is 0 Å². The number of rotatable bonds is 6. The molecule has 1 N–H and O–H groups in total. The van der Waals surface area contributed by atoms with Crippen LogP contribution in [0.15, 0.2) is 77.7 Å². The Hall–Kier alpha value is -3.19. The zero-order valence-electron chi connectivity index (χ0n) is 16.1. The van der Waals surface area contributed by atoms with Gasteiger partial charge in [0.15, 0.2) is 0 Å². The van der Waals surface area contributed by atoms with Crippen molar-refractivity contribution in [3.63, 3.8) is 0 Å². The summed E-state index contributed by atoms with van der Waals surface area (Å²) in [4.78, 5) is 14.2. The molecule has 29 heavy (non-hydrogen) atoms. The summed E-state index contributed by atoms with van der Waals surface area (Å²) in [6.07, 6.45) is 0. The van der Waals surface area contributed by atoms with E-state index in [0.717, 1.165) is 11.6 Å². The summed E-state index contributed by atoms with van der Waals surface area (Å²) in [7, 11) is -2.14. The summed E-state index contributed by atoms with van der Waals surface area (Å²) < 4.78 is 40.8. The van der Waals surface area contributed by atoms with Crippen LogP contribution in [0.2, 0.25) is 0 Å². The number of amides is 1. The molecule has 150 valence electrons. The van der Waals surface area contributed by atoms with Crippen molar-refractivity contribution >= 4 is 21.6 Å². The molecule has 3 aromatic rings. The number of benzene rings is 3. The maximum atomic E-state index is 13.4. The molecular formula is C22H21FN2O3S. The lowest BCUT2D eigenvalue weighted by molar-refractivity contribution is 0.0785. The van der Waals surface area contributed by atoms with Crippen LogP contribution in [0.1, 0.15) is 21.5 Å². The van der Waals surface area contributed by atoms with Gasteiger partial charge in [-0.25, -0.2) is 12.8 Å². The van der Waals surface area contributed by atoms with E-state index in [1.807, 2.05) is 30.3 Å². The maximum Gasteiger partial charge on any atom is 0.261 e. The monoisotopic (exact) mass is 412 g/mol.